The minimum Gasteiger partial charge on any atom is -0.395 e. The van der Waals surface area contributed by atoms with Crippen molar-refractivity contribution in [2.75, 3.05) is 13.2 Å². The largest absolute Gasteiger partial charge is 0.395 e. The van der Waals surface area contributed by atoms with Gasteiger partial charge >= 0.3 is 0 Å². The molecule has 0 aromatic heterocycles. The number of halogens is 2. The first-order valence-corrected chi connectivity index (χ1v) is 7.99. The molecule has 3 rings (SSSR count). The number of aliphatic hydroxyl groups is 1. The summed E-state index contributed by atoms with van der Waals surface area (Å²) in [7, 11) is 0. The maximum Gasteiger partial charge on any atom is 0.254 e. The van der Waals surface area contributed by atoms with Gasteiger partial charge in [0.1, 0.15) is 11.6 Å². The summed E-state index contributed by atoms with van der Waals surface area (Å²) >= 11 is 0. The number of amides is 1. The van der Waals surface area contributed by atoms with Gasteiger partial charge in [-0.3, -0.25) is 4.79 Å². The Kier molecular flexibility index (Phi) is 4.62. The summed E-state index contributed by atoms with van der Waals surface area (Å²) in [5.41, 5.74) is 1.83. The van der Waals surface area contributed by atoms with Crippen molar-refractivity contribution in [1.29, 1.82) is 0 Å². The molecule has 0 atom stereocenters. The Hall–Kier alpha value is -2.27. The molecule has 0 bridgehead atoms. The number of nitrogens with zero attached hydrogens (tertiary/aromatic N) is 1. The van der Waals surface area contributed by atoms with Crippen LogP contribution in [0.25, 0.3) is 11.1 Å². The zero-order valence-electron chi connectivity index (χ0n) is 13.4. The van der Waals surface area contributed by atoms with Gasteiger partial charge in [-0.05, 0) is 55.2 Å². The van der Waals surface area contributed by atoms with Crippen molar-refractivity contribution in [1.82, 2.24) is 4.90 Å². The molecular weight excluding hydrogens is 312 g/mol. The molecule has 1 N–H and O–H groups in total. The minimum absolute atomic E-state index is 0.114. The van der Waals surface area contributed by atoms with Crippen LogP contribution >= 0.6 is 0 Å². The third kappa shape index (κ3) is 3.31. The third-order valence-electron chi connectivity index (χ3n) is 4.28. The Morgan fingerprint density at radius 3 is 2.46 bits per heavy atom. The average Bonchev–Trinajstić information content (AvgIpc) is 3.37. The van der Waals surface area contributed by atoms with E-state index in [0.29, 0.717) is 16.7 Å². The third-order valence-corrected chi connectivity index (χ3v) is 4.28. The van der Waals surface area contributed by atoms with Gasteiger partial charge in [-0.1, -0.05) is 12.1 Å². The molecule has 1 amide bonds. The van der Waals surface area contributed by atoms with Crippen LogP contribution in [0.15, 0.2) is 36.4 Å². The predicted molar refractivity (Wildman–Crippen MR) is 87.7 cm³/mol. The monoisotopic (exact) mass is 331 g/mol. The van der Waals surface area contributed by atoms with E-state index in [9.17, 15) is 13.6 Å². The molecule has 0 heterocycles. The van der Waals surface area contributed by atoms with Crippen LogP contribution < -0.4 is 0 Å². The summed E-state index contributed by atoms with van der Waals surface area (Å²) in [5.74, 6) is -1.16. The van der Waals surface area contributed by atoms with Crippen molar-refractivity contribution in [3.05, 3.63) is 59.2 Å². The van der Waals surface area contributed by atoms with Crippen molar-refractivity contribution >= 4 is 5.91 Å². The Morgan fingerprint density at radius 1 is 1.17 bits per heavy atom. The lowest BCUT2D eigenvalue weighted by Gasteiger charge is -2.21. The van der Waals surface area contributed by atoms with Gasteiger partial charge < -0.3 is 10.0 Å². The SMILES string of the molecule is Cc1cc(F)ccc1-c1ccc(C(=O)N(CCO)C2CC2)cc1F. The van der Waals surface area contributed by atoms with E-state index in [1.54, 1.807) is 24.0 Å². The first-order chi connectivity index (χ1) is 11.5. The molecule has 2 aromatic rings. The van der Waals surface area contributed by atoms with E-state index in [4.69, 9.17) is 5.11 Å². The summed E-state index contributed by atoms with van der Waals surface area (Å²) in [4.78, 5) is 14.1. The van der Waals surface area contributed by atoms with Gasteiger partial charge in [0.05, 0.1) is 6.61 Å². The van der Waals surface area contributed by atoms with Crippen LogP contribution in [0.1, 0.15) is 28.8 Å². The normalized spacial score (nSPS) is 13.8. The van der Waals surface area contributed by atoms with Gasteiger partial charge in [0.25, 0.3) is 5.91 Å². The molecule has 0 unspecified atom stereocenters. The molecule has 1 aliphatic carbocycles. The molecule has 1 saturated carbocycles. The molecule has 126 valence electrons. The van der Waals surface area contributed by atoms with Crippen molar-refractivity contribution in [2.45, 2.75) is 25.8 Å². The van der Waals surface area contributed by atoms with Crippen LogP contribution in [0.5, 0.6) is 0 Å². The number of aryl methyl sites for hydroxylation is 1. The van der Waals surface area contributed by atoms with Gasteiger partial charge in [-0.2, -0.15) is 0 Å². The van der Waals surface area contributed by atoms with E-state index in [0.717, 1.165) is 12.8 Å². The maximum atomic E-state index is 14.5. The molecule has 0 aliphatic heterocycles. The van der Waals surface area contributed by atoms with E-state index < -0.39 is 5.82 Å². The number of benzene rings is 2. The summed E-state index contributed by atoms with van der Waals surface area (Å²) in [6.45, 7) is 1.86. The molecular formula is C19H19F2NO2. The first kappa shape index (κ1) is 16.6. The molecule has 0 spiro atoms. The quantitative estimate of drug-likeness (QED) is 0.910. The summed E-state index contributed by atoms with van der Waals surface area (Å²) in [6, 6.07) is 8.66. The molecule has 2 aromatic carbocycles. The van der Waals surface area contributed by atoms with Crippen molar-refractivity contribution in [2.24, 2.45) is 0 Å². The summed E-state index contributed by atoms with van der Waals surface area (Å²) in [5, 5.41) is 9.11. The number of hydrogen-bond acceptors (Lipinski definition) is 2. The van der Waals surface area contributed by atoms with Gasteiger partial charge in [0, 0.05) is 23.7 Å². The Morgan fingerprint density at radius 2 is 1.88 bits per heavy atom. The van der Waals surface area contributed by atoms with E-state index in [-0.39, 0.29) is 36.5 Å². The number of carbonyl (C=O) groups is 1. The molecule has 5 heteroatoms. The van der Waals surface area contributed by atoms with E-state index in [1.165, 1.54) is 24.3 Å². The molecule has 1 aliphatic rings. The van der Waals surface area contributed by atoms with Gasteiger partial charge in [-0.25, -0.2) is 8.78 Å². The highest BCUT2D eigenvalue weighted by atomic mass is 19.1. The van der Waals surface area contributed by atoms with Crippen LogP contribution in [0, 0.1) is 18.6 Å². The Bertz CT molecular complexity index is 772. The average molecular weight is 331 g/mol. The molecule has 24 heavy (non-hydrogen) atoms. The topological polar surface area (TPSA) is 40.5 Å². The van der Waals surface area contributed by atoms with E-state index in [1.807, 2.05) is 0 Å². The van der Waals surface area contributed by atoms with Gasteiger partial charge in [0.15, 0.2) is 0 Å². The van der Waals surface area contributed by atoms with E-state index in [2.05, 4.69) is 0 Å². The number of rotatable bonds is 5. The standard InChI is InChI=1S/C19H19F2NO2/c1-12-10-14(20)3-7-16(12)17-6-2-13(11-18(17)21)19(24)22(8-9-23)15-4-5-15/h2-3,6-7,10-11,15,23H,4-5,8-9H2,1H3. The second kappa shape index (κ2) is 6.69. The number of hydrogen-bond donors (Lipinski definition) is 1. The Labute approximate surface area is 139 Å². The zero-order chi connectivity index (χ0) is 17.3. The lowest BCUT2D eigenvalue weighted by atomic mass is 9.98. The van der Waals surface area contributed by atoms with Crippen molar-refractivity contribution in [3.63, 3.8) is 0 Å². The molecule has 1 fully saturated rings. The fraction of sp³-hybridized carbons (Fsp3) is 0.316. The fourth-order valence-electron chi connectivity index (χ4n) is 2.91. The summed E-state index contributed by atoms with van der Waals surface area (Å²) in [6.07, 6.45) is 1.84. The Balaban J connectivity index is 1.90. The lowest BCUT2D eigenvalue weighted by molar-refractivity contribution is 0.0707. The van der Waals surface area contributed by atoms with Gasteiger partial charge in [-0.15, -0.1) is 0 Å². The van der Waals surface area contributed by atoms with Crippen molar-refractivity contribution < 1.29 is 18.7 Å². The predicted octanol–water partition coefficient (Wildman–Crippen LogP) is 3.54. The number of aliphatic hydroxyl groups excluding tert-OH is 1. The molecule has 3 nitrogen and oxygen atoms in total. The van der Waals surface area contributed by atoms with Crippen LogP contribution in [0.3, 0.4) is 0 Å². The first-order valence-electron chi connectivity index (χ1n) is 7.99. The zero-order valence-corrected chi connectivity index (χ0v) is 13.4. The smallest absolute Gasteiger partial charge is 0.254 e. The van der Waals surface area contributed by atoms with Gasteiger partial charge in [0.2, 0.25) is 0 Å². The number of carbonyl (C=O) groups excluding carboxylic acids is 1. The lowest BCUT2D eigenvalue weighted by Crippen LogP contribution is -2.35. The van der Waals surface area contributed by atoms with E-state index >= 15 is 0 Å². The summed E-state index contributed by atoms with van der Waals surface area (Å²) < 4.78 is 27.7. The van der Waals surface area contributed by atoms with Crippen molar-refractivity contribution in [3.8, 4) is 11.1 Å². The highest BCUT2D eigenvalue weighted by molar-refractivity contribution is 5.95. The minimum atomic E-state index is -0.518. The second-order valence-corrected chi connectivity index (χ2v) is 6.11. The van der Waals surface area contributed by atoms with Crippen LogP contribution in [-0.2, 0) is 0 Å². The van der Waals surface area contributed by atoms with Crippen LogP contribution in [0.2, 0.25) is 0 Å². The maximum absolute atomic E-state index is 14.5. The molecule has 0 radical (unpaired) electrons. The highest BCUT2D eigenvalue weighted by Gasteiger charge is 2.32. The highest BCUT2D eigenvalue weighted by Crippen LogP contribution is 2.30. The van der Waals surface area contributed by atoms with Crippen LogP contribution in [0.4, 0.5) is 8.78 Å². The van der Waals surface area contributed by atoms with Crippen LogP contribution in [-0.4, -0.2) is 35.1 Å². The fourth-order valence-corrected chi connectivity index (χ4v) is 2.91. The second-order valence-electron chi connectivity index (χ2n) is 6.11. The molecule has 0 saturated heterocycles.